The van der Waals surface area contributed by atoms with Crippen molar-refractivity contribution in [3.8, 4) is 0 Å². The molecule has 0 atom stereocenters. The molecule has 0 aliphatic carbocycles. The summed E-state index contributed by atoms with van der Waals surface area (Å²) >= 11 is 0. The maximum absolute atomic E-state index is 9.98. The monoisotopic (exact) mass is 366 g/mol. The van der Waals surface area contributed by atoms with Gasteiger partial charge in [-0.3, -0.25) is 14.4 Å². The van der Waals surface area contributed by atoms with Gasteiger partial charge in [-0.15, -0.1) is 17.3 Å². The SMILES string of the molecule is CC(=O)C=C(C)[O-].CC(=O)C=C(C)[O-].CC(=O)C=C(C)[O-].[Ga+3]. The average Bonchev–Trinajstić information content (AvgIpc) is 2.10. The molecule has 0 aliphatic heterocycles. The minimum absolute atomic E-state index is 0. The number of allylic oxidation sites excluding steroid dienone is 6. The Morgan fingerprint density at radius 1 is 0.545 bits per heavy atom. The van der Waals surface area contributed by atoms with E-state index in [2.05, 4.69) is 0 Å². The summed E-state index contributed by atoms with van der Waals surface area (Å²) in [5.41, 5.74) is 0. The second-order valence-corrected chi connectivity index (χ2v) is 4.10. The molecular weight excluding hydrogens is 346 g/mol. The van der Waals surface area contributed by atoms with Crippen molar-refractivity contribution >= 4 is 37.1 Å². The molecule has 0 aromatic carbocycles. The number of hydrogen-bond acceptors (Lipinski definition) is 6. The number of ketones is 3. The van der Waals surface area contributed by atoms with E-state index in [1.165, 1.54) is 41.5 Å². The molecule has 0 N–H and O–H groups in total. The van der Waals surface area contributed by atoms with Gasteiger partial charge in [0.1, 0.15) is 0 Å². The van der Waals surface area contributed by atoms with Crippen LogP contribution in [0.15, 0.2) is 35.5 Å². The molecule has 120 valence electrons. The van der Waals surface area contributed by atoms with Crippen LogP contribution in [0.3, 0.4) is 0 Å². The van der Waals surface area contributed by atoms with Crippen LogP contribution in [0.2, 0.25) is 0 Å². The van der Waals surface area contributed by atoms with Crippen molar-refractivity contribution in [2.45, 2.75) is 41.5 Å². The molecule has 0 aromatic heterocycles. The third-order valence-electron chi connectivity index (χ3n) is 1.22. The Hall–Kier alpha value is -1.73. The van der Waals surface area contributed by atoms with Crippen LogP contribution in [-0.2, 0) is 14.4 Å². The van der Waals surface area contributed by atoms with E-state index in [9.17, 15) is 29.7 Å². The van der Waals surface area contributed by atoms with Gasteiger partial charge < -0.3 is 15.3 Å². The Morgan fingerprint density at radius 3 is 0.682 bits per heavy atom. The van der Waals surface area contributed by atoms with Gasteiger partial charge in [-0.25, -0.2) is 0 Å². The molecule has 0 saturated carbocycles. The van der Waals surface area contributed by atoms with E-state index in [0.717, 1.165) is 18.2 Å². The van der Waals surface area contributed by atoms with Gasteiger partial charge in [0, 0.05) is 0 Å². The molecule has 7 heteroatoms. The van der Waals surface area contributed by atoms with Crippen LogP contribution < -0.4 is 15.3 Å². The third kappa shape index (κ3) is 51.7. The second kappa shape index (κ2) is 17.3. The molecular formula is C15H21GaO6. The first-order valence-corrected chi connectivity index (χ1v) is 5.96. The van der Waals surface area contributed by atoms with E-state index in [0.29, 0.717) is 0 Å². The molecule has 0 amide bonds. The Bertz CT molecular complexity index is 368. The standard InChI is InChI=1S/3C5H8O2.Ga/c3*1-4(6)3-5(2)7;/h3*3,6H,1-2H3;/q;;;+3/p-3. The van der Waals surface area contributed by atoms with E-state index in [1.807, 2.05) is 0 Å². The summed E-state index contributed by atoms with van der Waals surface area (Å²) in [5, 5.41) is 29.9. The van der Waals surface area contributed by atoms with Gasteiger partial charge >= 0.3 is 19.8 Å². The number of carbonyl (C=O) groups is 3. The van der Waals surface area contributed by atoms with E-state index >= 15 is 0 Å². The number of carbonyl (C=O) groups excluding carboxylic acids is 3. The normalized spacial score (nSPS) is 10.9. The minimum atomic E-state index is -0.187. The molecule has 0 saturated heterocycles. The molecule has 0 unspecified atom stereocenters. The Kier molecular flexibility index (Phi) is 22.4. The average molecular weight is 367 g/mol. The predicted octanol–water partition coefficient (Wildman–Crippen LogP) is -0.862. The molecule has 0 spiro atoms. The van der Waals surface area contributed by atoms with Crippen molar-refractivity contribution in [1.82, 2.24) is 0 Å². The first-order chi connectivity index (χ1) is 9.38. The summed E-state index contributed by atoms with van der Waals surface area (Å²) in [7, 11) is 0. The smallest absolute Gasteiger partial charge is 0.876 e. The summed E-state index contributed by atoms with van der Waals surface area (Å²) in [4.78, 5) is 29.9. The van der Waals surface area contributed by atoms with Crippen molar-refractivity contribution < 1.29 is 29.7 Å². The molecule has 0 aromatic rings. The minimum Gasteiger partial charge on any atom is -0.876 e. The van der Waals surface area contributed by atoms with Crippen molar-refractivity contribution in [1.29, 1.82) is 0 Å². The first kappa shape index (κ1) is 28.4. The molecule has 0 aliphatic rings. The van der Waals surface area contributed by atoms with Gasteiger partial charge in [-0.05, 0) is 39.0 Å². The molecule has 0 heterocycles. The van der Waals surface area contributed by atoms with E-state index < -0.39 is 0 Å². The molecule has 6 nitrogen and oxygen atoms in total. The van der Waals surface area contributed by atoms with Gasteiger partial charge in [0.05, 0.1) is 0 Å². The van der Waals surface area contributed by atoms with Gasteiger partial charge in [-0.2, -0.15) is 0 Å². The van der Waals surface area contributed by atoms with Crippen LogP contribution in [0.5, 0.6) is 0 Å². The van der Waals surface area contributed by atoms with E-state index in [4.69, 9.17) is 0 Å². The van der Waals surface area contributed by atoms with Crippen molar-refractivity contribution in [2.24, 2.45) is 0 Å². The Balaban J connectivity index is -0.000000108. The summed E-state index contributed by atoms with van der Waals surface area (Å²) in [6, 6.07) is 0. The summed E-state index contributed by atoms with van der Waals surface area (Å²) in [6.45, 7) is 8.09. The van der Waals surface area contributed by atoms with Crippen LogP contribution in [0.25, 0.3) is 0 Å². The summed E-state index contributed by atoms with van der Waals surface area (Å²) in [6.07, 6.45) is 3.17. The quantitative estimate of drug-likeness (QED) is 0.364. The van der Waals surface area contributed by atoms with Gasteiger partial charge in [0.25, 0.3) is 0 Å². The molecule has 0 rings (SSSR count). The molecule has 22 heavy (non-hydrogen) atoms. The predicted molar refractivity (Wildman–Crippen MR) is 79.1 cm³/mol. The molecule has 0 bridgehead atoms. The number of hydrogen-bond donors (Lipinski definition) is 0. The molecule has 0 fully saturated rings. The van der Waals surface area contributed by atoms with Crippen molar-refractivity contribution in [3.63, 3.8) is 0 Å². The van der Waals surface area contributed by atoms with Crippen LogP contribution in [-0.4, -0.2) is 37.1 Å². The maximum Gasteiger partial charge on any atom is 3.00 e. The fourth-order valence-corrected chi connectivity index (χ4v) is 0.859. The zero-order valence-corrected chi connectivity index (χ0v) is 16.2. The zero-order valence-electron chi connectivity index (χ0n) is 13.8. The Labute approximate surface area is 144 Å². The topological polar surface area (TPSA) is 120 Å². The van der Waals surface area contributed by atoms with Crippen LogP contribution in [0.1, 0.15) is 41.5 Å². The van der Waals surface area contributed by atoms with Gasteiger partial charge in [0.15, 0.2) is 17.3 Å². The van der Waals surface area contributed by atoms with Crippen LogP contribution in [0, 0.1) is 0 Å². The number of rotatable bonds is 3. The first-order valence-electron chi connectivity index (χ1n) is 5.96. The zero-order chi connectivity index (χ0) is 17.6. The second-order valence-electron chi connectivity index (χ2n) is 4.10. The van der Waals surface area contributed by atoms with E-state index in [-0.39, 0.29) is 54.4 Å². The van der Waals surface area contributed by atoms with Crippen molar-refractivity contribution in [2.75, 3.05) is 0 Å². The molecule has 0 radical (unpaired) electrons. The fourth-order valence-electron chi connectivity index (χ4n) is 0.859. The Morgan fingerprint density at radius 2 is 0.682 bits per heavy atom. The maximum atomic E-state index is 9.98. The van der Waals surface area contributed by atoms with Gasteiger partial charge in [-0.1, -0.05) is 20.8 Å². The largest absolute Gasteiger partial charge is 3.00 e. The van der Waals surface area contributed by atoms with Gasteiger partial charge in [0.2, 0.25) is 0 Å². The van der Waals surface area contributed by atoms with Crippen molar-refractivity contribution in [3.05, 3.63) is 35.5 Å². The fraction of sp³-hybridized carbons (Fsp3) is 0.400. The van der Waals surface area contributed by atoms with E-state index in [1.54, 1.807) is 0 Å². The summed E-state index contributed by atoms with van der Waals surface area (Å²) in [5.74, 6) is -1.12. The van der Waals surface area contributed by atoms with Crippen LogP contribution in [0.4, 0.5) is 0 Å². The van der Waals surface area contributed by atoms with Crippen LogP contribution >= 0.6 is 0 Å². The third-order valence-corrected chi connectivity index (χ3v) is 1.22. The summed E-state index contributed by atoms with van der Waals surface area (Å²) < 4.78 is 0.